The summed E-state index contributed by atoms with van der Waals surface area (Å²) >= 11 is 0. The lowest BCUT2D eigenvalue weighted by atomic mass is 9.77. The summed E-state index contributed by atoms with van der Waals surface area (Å²) in [4.78, 5) is 0. The van der Waals surface area contributed by atoms with E-state index in [0.29, 0.717) is 6.04 Å². The minimum absolute atomic E-state index is 0.00475. The van der Waals surface area contributed by atoms with E-state index in [1.165, 1.54) is 64.2 Å². The Labute approximate surface area is 126 Å². The molecule has 0 aromatic rings. The number of ether oxygens (including phenoxy) is 1. The Balaban J connectivity index is 2.24. The van der Waals surface area contributed by atoms with Crippen LogP contribution in [0.5, 0.6) is 0 Å². The lowest BCUT2D eigenvalue weighted by molar-refractivity contribution is -0.0698. The summed E-state index contributed by atoms with van der Waals surface area (Å²) in [6, 6.07) is 0.323. The van der Waals surface area contributed by atoms with E-state index in [4.69, 9.17) is 10.6 Å². The van der Waals surface area contributed by atoms with Gasteiger partial charge in [-0.2, -0.15) is 0 Å². The van der Waals surface area contributed by atoms with Crippen molar-refractivity contribution in [1.29, 1.82) is 0 Å². The standard InChI is InChI=1S/C17H36N2O/c1-3-4-5-6-7-8-10-13-16(19-18)17(20-2)14-11-9-12-15-17/h16,19H,3-15,18H2,1-2H3. The monoisotopic (exact) mass is 284 g/mol. The van der Waals surface area contributed by atoms with Crippen LogP contribution >= 0.6 is 0 Å². The van der Waals surface area contributed by atoms with Gasteiger partial charge in [0.15, 0.2) is 0 Å². The van der Waals surface area contributed by atoms with Gasteiger partial charge in [0.1, 0.15) is 0 Å². The van der Waals surface area contributed by atoms with Gasteiger partial charge < -0.3 is 4.74 Å². The molecule has 120 valence electrons. The fourth-order valence-electron chi connectivity index (χ4n) is 3.65. The molecule has 3 heteroatoms. The molecule has 1 atom stereocenters. The van der Waals surface area contributed by atoms with E-state index in [2.05, 4.69) is 12.3 Å². The lowest BCUT2D eigenvalue weighted by Crippen LogP contribution is -2.55. The Bertz CT molecular complexity index is 227. The minimum atomic E-state index is -0.00475. The maximum absolute atomic E-state index is 5.90. The van der Waals surface area contributed by atoms with E-state index in [1.807, 2.05) is 7.11 Å². The maximum Gasteiger partial charge on any atom is 0.0844 e. The smallest absolute Gasteiger partial charge is 0.0844 e. The average molecular weight is 284 g/mol. The molecule has 1 aliphatic carbocycles. The number of nitrogens with two attached hydrogens (primary N) is 1. The predicted octanol–water partition coefficient (Wildman–Crippen LogP) is 4.31. The average Bonchev–Trinajstić information content (AvgIpc) is 2.51. The van der Waals surface area contributed by atoms with Crippen molar-refractivity contribution in [3.8, 4) is 0 Å². The number of hydrazine groups is 1. The highest BCUT2D eigenvalue weighted by Crippen LogP contribution is 2.35. The van der Waals surface area contributed by atoms with E-state index >= 15 is 0 Å². The molecule has 0 spiro atoms. The van der Waals surface area contributed by atoms with Crippen molar-refractivity contribution in [1.82, 2.24) is 5.43 Å². The highest BCUT2D eigenvalue weighted by atomic mass is 16.5. The zero-order valence-corrected chi connectivity index (χ0v) is 13.8. The number of hydrogen-bond donors (Lipinski definition) is 2. The lowest BCUT2D eigenvalue weighted by Gasteiger charge is -2.42. The molecule has 0 aromatic carbocycles. The third kappa shape index (κ3) is 5.71. The number of unbranched alkanes of at least 4 members (excludes halogenated alkanes) is 6. The van der Waals surface area contributed by atoms with Crippen molar-refractivity contribution in [2.45, 2.75) is 102 Å². The molecule has 0 aliphatic heterocycles. The molecule has 0 radical (unpaired) electrons. The summed E-state index contributed by atoms with van der Waals surface area (Å²) in [5.41, 5.74) is 3.04. The number of nitrogens with one attached hydrogen (secondary N) is 1. The van der Waals surface area contributed by atoms with Crippen molar-refractivity contribution in [3.63, 3.8) is 0 Å². The second kappa shape index (κ2) is 10.6. The van der Waals surface area contributed by atoms with Crippen LogP contribution in [0.3, 0.4) is 0 Å². The molecule has 1 unspecified atom stereocenters. The molecule has 1 saturated carbocycles. The van der Waals surface area contributed by atoms with Crippen molar-refractivity contribution in [3.05, 3.63) is 0 Å². The first-order valence-corrected chi connectivity index (χ1v) is 8.80. The first-order valence-electron chi connectivity index (χ1n) is 8.80. The van der Waals surface area contributed by atoms with Crippen LogP contribution in [-0.4, -0.2) is 18.8 Å². The molecule has 0 aromatic heterocycles. The fraction of sp³-hybridized carbons (Fsp3) is 1.00. The summed E-state index contributed by atoms with van der Waals surface area (Å²) in [6.07, 6.45) is 16.9. The number of rotatable bonds is 11. The number of hydrogen-bond acceptors (Lipinski definition) is 3. The third-order valence-corrected chi connectivity index (χ3v) is 5.04. The van der Waals surface area contributed by atoms with Crippen molar-refractivity contribution in [2.75, 3.05) is 7.11 Å². The van der Waals surface area contributed by atoms with Gasteiger partial charge >= 0.3 is 0 Å². The van der Waals surface area contributed by atoms with E-state index in [0.717, 1.165) is 19.3 Å². The van der Waals surface area contributed by atoms with Crippen LogP contribution < -0.4 is 11.3 Å². The molecular weight excluding hydrogens is 248 g/mol. The molecular formula is C17H36N2O. The van der Waals surface area contributed by atoms with E-state index in [-0.39, 0.29) is 5.60 Å². The Morgan fingerprint density at radius 1 is 1.00 bits per heavy atom. The largest absolute Gasteiger partial charge is 0.377 e. The van der Waals surface area contributed by atoms with E-state index < -0.39 is 0 Å². The summed E-state index contributed by atoms with van der Waals surface area (Å²) in [5.74, 6) is 5.81. The molecule has 0 bridgehead atoms. The molecule has 1 fully saturated rings. The number of methoxy groups -OCH3 is 1. The van der Waals surface area contributed by atoms with Gasteiger partial charge in [-0.1, -0.05) is 71.1 Å². The summed E-state index contributed by atoms with van der Waals surface area (Å²) in [7, 11) is 1.86. The van der Waals surface area contributed by atoms with Crippen LogP contribution in [0.1, 0.15) is 90.4 Å². The summed E-state index contributed by atoms with van der Waals surface area (Å²) in [5, 5.41) is 0. The topological polar surface area (TPSA) is 47.3 Å². The summed E-state index contributed by atoms with van der Waals surface area (Å²) in [6.45, 7) is 2.27. The predicted molar refractivity (Wildman–Crippen MR) is 86.5 cm³/mol. The summed E-state index contributed by atoms with van der Waals surface area (Å²) < 4.78 is 5.90. The van der Waals surface area contributed by atoms with Gasteiger partial charge in [-0.15, -0.1) is 0 Å². The van der Waals surface area contributed by atoms with Crippen LogP contribution in [-0.2, 0) is 4.74 Å². The van der Waals surface area contributed by atoms with Crippen LogP contribution in [0.2, 0.25) is 0 Å². The molecule has 0 amide bonds. The van der Waals surface area contributed by atoms with Crippen molar-refractivity contribution >= 4 is 0 Å². The Morgan fingerprint density at radius 3 is 2.15 bits per heavy atom. The normalized spacial score (nSPS) is 19.9. The second-order valence-corrected chi connectivity index (χ2v) is 6.46. The minimum Gasteiger partial charge on any atom is -0.377 e. The highest BCUT2D eigenvalue weighted by Gasteiger charge is 2.39. The molecule has 0 heterocycles. The first kappa shape index (κ1) is 17.9. The van der Waals surface area contributed by atoms with Crippen LogP contribution in [0.15, 0.2) is 0 Å². The molecule has 3 nitrogen and oxygen atoms in total. The molecule has 1 aliphatic rings. The van der Waals surface area contributed by atoms with Gasteiger partial charge in [-0.25, -0.2) is 0 Å². The van der Waals surface area contributed by atoms with Gasteiger partial charge in [0.05, 0.1) is 11.6 Å². The van der Waals surface area contributed by atoms with E-state index in [1.54, 1.807) is 0 Å². The van der Waals surface area contributed by atoms with Crippen LogP contribution in [0.25, 0.3) is 0 Å². The first-order chi connectivity index (χ1) is 9.79. The van der Waals surface area contributed by atoms with Crippen LogP contribution in [0, 0.1) is 0 Å². The Morgan fingerprint density at radius 2 is 1.60 bits per heavy atom. The maximum atomic E-state index is 5.90. The molecule has 1 rings (SSSR count). The van der Waals surface area contributed by atoms with Gasteiger partial charge in [0, 0.05) is 7.11 Å². The van der Waals surface area contributed by atoms with Gasteiger partial charge in [0.25, 0.3) is 0 Å². The molecule has 3 N–H and O–H groups in total. The quantitative estimate of drug-likeness (QED) is 0.338. The third-order valence-electron chi connectivity index (χ3n) is 5.04. The highest BCUT2D eigenvalue weighted by molar-refractivity contribution is 4.94. The zero-order chi connectivity index (χ0) is 14.7. The zero-order valence-electron chi connectivity index (χ0n) is 13.8. The van der Waals surface area contributed by atoms with E-state index in [9.17, 15) is 0 Å². The molecule has 0 saturated heterocycles. The molecule has 20 heavy (non-hydrogen) atoms. The van der Waals surface area contributed by atoms with Gasteiger partial charge in [-0.05, 0) is 19.3 Å². The van der Waals surface area contributed by atoms with Gasteiger partial charge in [0.2, 0.25) is 0 Å². The second-order valence-electron chi connectivity index (χ2n) is 6.46. The van der Waals surface area contributed by atoms with Crippen LogP contribution in [0.4, 0.5) is 0 Å². The van der Waals surface area contributed by atoms with Crippen molar-refractivity contribution < 1.29 is 4.74 Å². The van der Waals surface area contributed by atoms with Gasteiger partial charge in [-0.3, -0.25) is 11.3 Å². The fourth-order valence-corrected chi connectivity index (χ4v) is 3.65. The Kier molecular flexibility index (Phi) is 9.49. The SMILES string of the molecule is CCCCCCCCCC(NN)C1(OC)CCCCC1. The Hall–Kier alpha value is -0.120. The van der Waals surface area contributed by atoms with Crippen molar-refractivity contribution in [2.24, 2.45) is 5.84 Å².